The number of amides is 1. The monoisotopic (exact) mass is 298 g/mol. The first-order valence-corrected chi connectivity index (χ1v) is 6.59. The second-order valence-electron chi connectivity index (χ2n) is 5.27. The van der Waals surface area contributed by atoms with Gasteiger partial charge in [0.2, 0.25) is 5.91 Å². The van der Waals surface area contributed by atoms with Crippen molar-refractivity contribution in [3.8, 4) is 0 Å². The summed E-state index contributed by atoms with van der Waals surface area (Å²) in [6.07, 6.45) is 1.15. The molecule has 0 bridgehead atoms. The molecule has 0 spiro atoms. The number of primary amides is 1. The lowest BCUT2D eigenvalue weighted by molar-refractivity contribution is -0.122. The van der Waals surface area contributed by atoms with Crippen LogP contribution >= 0.6 is 0 Å². The second-order valence-corrected chi connectivity index (χ2v) is 5.27. The minimum atomic E-state index is -1.40. The van der Waals surface area contributed by atoms with Crippen molar-refractivity contribution in [3.05, 3.63) is 29.3 Å². The van der Waals surface area contributed by atoms with Crippen LogP contribution < -0.4 is 10.6 Å². The Kier molecular flexibility index (Phi) is 4.11. The number of rotatable bonds is 3. The molecule has 1 fully saturated rings. The van der Waals surface area contributed by atoms with Gasteiger partial charge in [-0.15, -0.1) is 0 Å². The van der Waals surface area contributed by atoms with Crippen molar-refractivity contribution >= 4 is 17.6 Å². The lowest BCUT2D eigenvalue weighted by atomic mass is 9.92. The van der Waals surface area contributed by atoms with Gasteiger partial charge < -0.3 is 15.7 Å². The Bertz CT molecular complexity index is 569. The third kappa shape index (κ3) is 2.96. The summed E-state index contributed by atoms with van der Waals surface area (Å²) in [6.45, 7) is 1.91. The number of nitrogens with zero attached hydrogens (tertiary/aromatic N) is 1. The molecule has 5 nitrogen and oxygen atoms in total. The fourth-order valence-corrected chi connectivity index (χ4v) is 2.61. The molecule has 7 heteroatoms. The van der Waals surface area contributed by atoms with Crippen molar-refractivity contribution < 1.29 is 23.5 Å². The highest BCUT2D eigenvalue weighted by molar-refractivity contribution is 5.88. The van der Waals surface area contributed by atoms with Crippen LogP contribution in [0.2, 0.25) is 0 Å². The van der Waals surface area contributed by atoms with Gasteiger partial charge in [0, 0.05) is 12.6 Å². The number of benzene rings is 1. The highest BCUT2D eigenvalue weighted by Gasteiger charge is 2.32. The number of piperidine rings is 1. The van der Waals surface area contributed by atoms with Crippen LogP contribution in [0.5, 0.6) is 0 Å². The summed E-state index contributed by atoms with van der Waals surface area (Å²) in [7, 11) is 0. The summed E-state index contributed by atoms with van der Waals surface area (Å²) in [5, 5.41) is 8.79. The van der Waals surface area contributed by atoms with Crippen LogP contribution in [-0.4, -0.2) is 29.6 Å². The van der Waals surface area contributed by atoms with Crippen LogP contribution in [0.25, 0.3) is 0 Å². The van der Waals surface area contributed by atoms with Gasteiger partial charge in [-0.2, -0.15) is 0 Å². The highest BCUT2D eigenvalue weighted by atomic mass is 19.1. The average molecular weight is 298 g/mol. The van der Waals surface area contributed by atoms with E-state index in [-0.39, 0.29) is 18.3 Å². The summed E-state index contributed by atoms with van der Waals surface area (Å²) in [4.78, 5) is 23.5. The predicted octanol–water partition coefficient (Wildman–Crippen LogP) is 1.75. The standard InChI is InChI=1S/C14H16F2N2O3/c1-7-2-3-8(13(17)19)6-18(7)12-10(15)4-9(14(20)21)5-11(12)16/h4-5,7-8H,2-3,6H2,1H3,(H2,17,19)(H,20,21). The first-order chi connectivity index (χ1) is 9.81. The molecule has 0 aromatic heterocycles. The maximum Gasteiger partial charge on any atom is 0.335 e. The number of hydrogen-bond donors (Lipinski definition) is 2. The van der Waals surface area contributed by atoms with E-state index < -0.39 is 35.0 Å². The lowest BCUT2D eigenvalue weighted by Crippen LogP contribution is -2.46. The minimum Gasteiger partial charge on any atom is -0.478 e. The molecule has 1 saturated heterocycles. The van der Waals surface area contributed by atoms with Crippen molar-refractivity contribution in [3.63, 3.8) is 0 Å². The maximum absolute atomic E-state index is 14.1. The fraction of sp³-hybridized carbons (Fsp3) is 0.429. The fourth-order valence-electron chi connectivity index (χ4n) is 2.61. The lowest BCUT2D eigenvalue weighted by Gasteiger charge is -2.38. The Balaban J connectivity index is 2.40. The largest absolute Gasteiger partial charge is 0.478 e. The predicted molar refractivity (Wildman–Crippen MR) is 72.0 cm³/mol. The molecular weight excluding hydrogens is 282 g/mol. The zero-order valence-corrected chi connectivity index (χ0v) is 11.5. The molecule has 1 aliphatic heterocycles. The number of carboxylic acids is 1. The SMILES string of the molecule is CC1CCC(C(N)=O)CN1c1c(F)cc(C(=O)O)cc1F. The van der Waals surface area contributed by atoms with Gasteiger partial charge in [0.1, 0.15) is 17.3 Å². The molecule has 0 saturated carbocycles. The van der Waals surface area contributed by atoms with Gasteiger partial charge in [-0.3, -0.25) is 4.79 Å². The Labute approximate surface area is 120 Å². The normalized spacial score (nSPS) is 22.1. The average Bonchev–Trinajstić information content (AvgIpc) is 2.39. The first-order valence-electron chi connectivity index (χ1n) is 6.59. The molecule has 1 aromatic carbocycles. The Morgan fingerprint density at radius 1 is 1.29 bits per heavy atom. The number of carboxylic acid groups (broad SMARTS) is 1. The van der Waals surface area contributed by atoms with Crippen molar-refractivity contribution in [1.82, 2.24) is 0 Å². The van der Waals surface area contributed by atoms with E-state index in [9.17, 15) is 18.4 Å². The number of aromatic carboxylic acids is 1. The summed E-state index contributed by atoms with van der Waals surface area (Å²) in [5.74, 6) is -4.29. The van der Waals surface area contributed by atoms with E-state index >= 15 is 0 Å². The Hall–Kier alpha value is -2.18. The molecule has 1 heterocycles. The molecule has 0 aliphatic carbocycles. The van der Waals surface area contributed by atoms with Gasteiger partial charge in [0.15, 0.2) is 0 Å². The number of nitrogens with two attached hydrogens (primary N) is 1. The van der Waals surface area contributed by atoms with Gasteiger partial charge in [-0.05, 0) is 31.9 Å². The number of anilines is 1. The second kappa shape index (κ2) is 5.67. The first kappa shape index (κ1) is 15.2. The van der Waals surface area contributed by atoms with Gasteiger partial charge in [-0.1, -0.05) is 0 Å². The molecule has 2 rings (SSSR count). The zero-order valence-electron chi connectivity index (χ0n) is 11.5. The van der Waals surface area contributed by atoms with Crippen LogP contribution in [0, 0.1) is 17.6 Å². The summed E-state index contributed by atoms with van der Waals surface area (Å²) < 4.78 is 28.2. The molecular formula is C14H16F2N2O3. The van der Waals surface area contributed by atoms with Gasteiger partial charge in [-0.25, -0.2) is 13.6 Å². The Morgan fingerprint density at radius 3 is 2.33 bits per heavy atom. The van der Waals surface area contributed by atoms with E-state index in [2.05, 4.69) is 0 Å². The molecule has 2 unspecified atom stereocenters. The number of carbonyl (C=O) groups is 2. The minimum absolute atomic E-state index is 0.122. The van der Waals surface area contributed by atoms with E-state index in [0.29, 0.717) is 12.8 Å². The number of halogens is 2. The maximum atomic E-state index is 14.1. The van der Waals surface area contributed by atoms with Crippen LogP contribution in [0.15, 0.2) is 12.1 Å². The smallest absolute Gasteiger partial charge is 0.335 e. The molecule has 114 valence electrons. The van der Waals surface area contributed by atoms with Crippen LogP contribution in [-0.2, 0) is 4.79 Å². The van der Waals surface area contributed by atoms with E-state index in [1.807, 2.05) is 0 Å². The zero-order chi connectivity index (χ0) is 15.7. The van der Waals surface area contributed by atoms with Gasteiger partial charge in [0.25, 0.3) is 0 Å². The van der Waals surface area contributed by atoms with E-state index in [4.69, 9.17) is 10.8 Å². The van der Waals surface area contributed by atoms with Crippen LogP contribution in [0.4, 0.5) is 14.5 Å². The molecule has 21 heavy (non-hydrogen) atoms. The van der Waals surface area contributed by atoms with Gasteiger partial charge >= 0.3 is 5.97 Å². The van der Waals surface area contributed by atoms with Crippen molar-refractivity contribution in [2.45, 2.75) is 25.8 Å². The van der Waals surface area contributed by atoms with E-state index in [0.717, 1.165) is 12.1 Å². The van der Waals surface area contributed by atoms with Crippen molar-refractivity contribution in [2.75, 3.05) is 11.4 Å². The third-order valence-electron chi connectivity index (χ3n) is 3.84. The van der Waals surface area contributed by atoms with Crippen LogP contribution in [0.3, 0.4) is 0 Å². The van der Waals surface area contributed by atoms with Gasteiger partial charge in [0.05, 0.1) is 11.5 Å². The third-order valence-corrected chi connectivity index (χ3v) is 3.84. The summed E-state index contributed by atoms with van der Waals surface area (Å²) in [5.41, 5.74) is 4.50. The van der Waals surface area contributed by atoms with E-state index in [1.165, 1.54) is 4.90 Å². The van der Waals surface area contributed by atoms with Crippen molar-refractivity contribution in [2.24, 2.45) is 11.7 Å². The molecule has 0 radical (unpaired) electrons. The summed E-state index contributed by atoms with van der Waals surface area (Å²) in [6, 6.07) is 1.39. The van der Waals surface area contributed by atoms with E-state index in [1.54, 1.807) is 6.92 Å². The number of carbonyl (C=O) groups excluding carboxylic acids is 1. The Morgan fingerprint density at radius 2 is 1.86 bits per heavy atom. The topological polar surface area (TPSA) is 83.6 Å². The highest BCUT2D eigenvalue weighted by Crippen LogP contribution is 2.32. The molecule has 1 amide bonds. The van der Waals surface area contributed by atoms with Crippen LogP contribution in [0.1, 0.15) is 30.1 Å². The molecule has 1 aliphatic rings. The summed E-state index contributed by atoms with van der Waals surface area (Å²) >= 11 is 0. The molecule has 1 aromatic rings. The van der Waals surface area contributed by atoms with Crippen molar-refractivity contribution in [1.29, 1.82) is 0 Å². The quantitative estimate of drug-likeness (QED) is 0.890. The molecule has 3 N–H and O–H groups in total. The molecule has 2 atom stereocenters. The number of hydrogen-bond acceptors (Lipinski definition) is 3.